The van der Waals surface area contributed by atoms with E-state index in [1.807, 2.05) is 20.9 Å². The molecule has 0 radical (unpaired) electrons. The van der Waals surface area contributed by atoms with Crippen molar-refractivity contribution in [3.63, 3.8) is 0 Å². The SMILES string of the molecule is CNc1nc(C)c(C)nc1-c1ccc(C)s1. The second kappa shape index (κ2) is 4.22. The summed E-state index contributed by atoms with van der Waals surface area (Å²) >= 11 is 1.74. The second-order valence-electron chi connectivity index (χ2n) is 3.75. The molecule has 16 heavy (non-hydrogen) atoms. The van der Waals surface area contributed by atoms with E-state index in [9.17, 15) is 0 Å². The van der Waals surface area contributed by atoms with Gasteiger partial charge < -0.3 is 5.32 Å². The van der Waals surface area contributed by atoms with Crippen LogP contribution >= 0.6 is 11.3 Å². The molecule has 2 aromatic rings. The zero-order chi connectivity index (χ0) is 11.7. The molecule has 0 amide bonds. The van der Waals surface area contributed by atoms with Crippen molar-refractivity contribution in [3.8, 4) is 10.6 Å². The van der Waals surface area contributed by atoms with Crippen LogP contribution in [0.15, 0.2) is 12.1 Å². The van der Waals surface area contributed by atoms with Gasteiger partial charge in [-0.25, -0.2) is 9.97 Å². The molecule has 1 N–H and O–H groups in total. The first-order chi connectivity index (χ1) is 7.61. The Kier molecular flexibility index (Phi) is 2.92. The standard InChI is InChI=1S/C12H15N3S/c1-7-5-6-10(16-7)11-12(13-4)15-9(3)8(2)14-11/h5-6H,1-4H3,(H,13,15). The maximum atomic E-state index is 4.61. The summed E-state index contributed by atoms with van der Waals surface area (Å²) in [6.45, 7) is 6.07. The van der Waals surface area contributed by atoms with Gasteiger partial charge in [0.1, 0.15) is 5.69 Å². The van der Waals surface area contributed by atoms with E-state index in [0.717, 1.165) is 27.8 Å². The molecule has 0 aromatic carbocycles. The van der Waals surface area contributed by atoms with Crippen molar-refractivity contribution in [1.82, 2.24) is 9.97 Å². The first kappa shape index (κ1) is 11.1. The fourth-order valence-electron chi connectivity index (χ4n) is 1.51. The molecule has 2 rings (SSSR count). The van der Waals surface area contributed by atoms with Gasteiger partial charge >= 0.3 is 0 Å². The number of thiophene rings is 1. The van der Waals surface area contributed by atoms with Gasteiger partial charge in [0.05, 0.1) is 16.3 Å². The van der Waals surface area contributed by atoms with Gasteiger partial charge in [-0.15, -0.1) is 11.3 Å². The Morgan fingerprint density at radius 3 is 2.31 bits per heavy atom. The minimum Gasteiger partial charge on any atom is -0.371 e. The van der Waals surface area contributed by atoms with E-state index in [1.54, 1.807) is 11.3 Å². The number of hydrogen-bond donors (Lipinski definition) is 1. The van der Waals surface area contributed by atoms with Crippen LogP contribution in [0.25, 0.3) is 10.6 Å². The van der Waals surface area contributed by atoms with Crippen molar-refractivity contribution in [2.45, 2.75) is 20.8 Å². The van der Waals surface area contributed by atoms with Crippen LogP contribution < -0.4 is 5.32 Å². The maximum Gasteiger partial charge on any atom is 0.153 e. The number of nitrogens with zero attached hydrogens (tertiary/aromatic N) is 2. The summed E-state index contributed by atoms with van der Waals surface area (Å²) < 4.78 is 0. The van der Waals surface area contributed by atoms with E-state index >= 15 is 0 Å². The van der Waals surface area contributed by atoms with Gasteiger partial charge in [-0.3, -0.25) is 0 Å². The van der Waals surface area contributed by atoms with E-state index in [-0.39, 0.29) is 0 Å². The molecule has 0 saturated carbocycles. The van der Waals surface area contributed by atoms with Crippen molar-refractivity contribution in [3.05, 3.63) is 28.4 Å². The van der Waals surface area contributed by atoms with Gasteiger partial charge in [-0.1, -0.05) is 0 Å². The van der Waals surface area contributed by atoms with E-state index < -0.39 is 0 Å². The molecule has 0 aliphatic rings. The highest BCUT2D eigenvalue weighted by Crippen LogP contribution is 2.31. The number of aryl methyl sites for hydroxylation is 3. The van der Waals surface area contributed by atoms with Crippen molar-refractivity contribution in [1.29, 1.82) is 0 Å². The molecule has 0 spiro atoms. The number of nitrogens with one attached hydrogen (secondary N) is 1. The molecule has 0 saturated heterocycles. The summed E-state index contributed by atoms with van der Waals surface area (Å²) in [5, 5.41) is 3.10. The van der Waals surface area contributed by atoms with Crippen LogP contribution in [-0.2, 0) is 0 Å². The number of hydrogen-bond acceptors (Lipinski definition) is 4. The normalized spacial score (nSPS) is 10.5. The summed E-state index contributed by atoms with van der Waals surface area (Å²) in [5.74, 6) is 0.852. The molecular formula is C12H15N3S. The monoisotopic (exact) mass is 233 g/mol. The molecule has 0 fully saturated rings. The largest absolute Gasteiger partial charge is 0.371 e. The van der Waals surface area contributed by atoms with Gasteiger partial charge in [0.25, 0.3) is 0 Å². The molecule has 4 heteroatoms. The van der Waals surface area contributed by atoms with Crippen molar-refractivity contribution in [2.75, 3.05) is 12.4 Å². The highest BCUT2D eigenvalue weighted by molar-refractivity contribution is 7.15. The number of aromatic nitrogens is 2. The highest BCUT2D eigenvalue weighted by atomic mass is 32.1. The van der Waals surface area contributed by atoms with Crippen LogP contribution in [0.5, 0.6) is 0 Å². The Balaban J connectivity index is 2.59. The van der Waals surface area contributed by atoms with E-state index in [4.69, 9.17) is 0 Å². The Morgan fingerprint density at radius 2 is 1.75 bits per heavy atom. The second-order valence-corrected chi connectivity index (χ2v) is 5.04. The molecule has 2 heterocycles. The smallest absolute Gasteiger partial charge is 0.153 e. The topological polar surface area (TPSA) is 37.8 Å². The van der Waals surface area contributed by atoms with Crippen LogP contribution in [0.2, 0.25) is 0 Å². The van der Waals surface area contributed by atoms with Gasteiger partial charge in [0.2, 0.25) is 0 Å². The third-order valence-corrected chi connectivity index (χ3v) is 3.52. The zero-order valence-corrected chi connectivity index (χ0v) is 10.8. The van der Waals surface area contributed by atoms with E-state index in [2.05, 4.69) is 34.3 Å². The average molecular weight is 233 g/mol. The lowest BCUT2D eigenvalue weighted by molar-refractivity contribution is 1.05. The van der Waals surface area contributed by atoms with Crippen molar-refractivity contribution in [2.24, 2.45) is 0 Å². The number of rotatable bonds is 2. The molecule has 0 unspecified atom stereocenters. The molecule has 0 aliphatic heterocycles. The Labute approximate surface area is 99.6 Å². The quantitative estimate of drug-likeness (QED) is 0.865. The van der Waals surface area contributed by atoms with Crippen LogP contribution in [0, 0.1) is 20.8 Å². The maximum absolute atomic E-state index is 4.61. The summed E-state index contributed by atoms with van der Waals surface area (Å²) in [7, 11) is 1.88. The van der Waals surface area contributed by atoms with Gasteiger partial charge in [0, 0.05) is 11.9 Å². The first-order valence-electron chi connectivity index (χ1n) is 5.21. The third kappa shape index (κ3) is 1.93. The summed E-state index contributed by atoms with van der Waals surface area (Å²) in [4.78, 5) is 11.6. The molecule has 3 nitrogen and oxygen atoms in total. The first-order valence-corrected chi connectivity index (χ1v) is 6.03. The van der Waals surface area contributed by atoms with Gasteiger partial charge in [0.15, 0.2) is 5.82 Å². The van der Waals surface area contributed by atoms with E-state index in [0.29, 0.717) is 0 Å². The van der Waals surface area contributed by atoms with Crippen LogP contribution in [0.3, 0.4) is 0 Å². The molecule has 0 atom stereocenters. The molecule has 0 aliphatic carbocycles. The minimum absolute atomic E-state index is 0.852. The fourth-order valence-corrected chi connectivity index (χ4v) is 2.37. The minimum atomic E-state index is 0.852. The fraction of sp³-hybridized carbons (Fsp3) is 0.333. The Hall–Kier alpha value is -1.42. The molecular weight excluding hydrogens is 218 g/mol. The molecule has 0 bridgehead atoms. The highest BCUT2D eigenvalue weighted by Gasteiger charge is 2.11. The van der Waals surface area contributed by atoms with Crippen LogP contribution in [0.1, 0.15) is 16.3 Å². The van der Waals surface area contributed by atoms with Crippen molar-refractivity contribution < 1.29 is 0 Å². The predicted octanol–water partition coefficient (Wildman–Crippen LogP) is 3.17. The third-order valence-electron chi connectivity index (χ3n) is 2.52. The van der Waals surface area contributed by atoms with Crippen molar-refractivity contribution >= 4 is 17.2 Å². The Bertz CT molecular complexity index is 517. The Morgan fingerprint density at radius 1 is 1.06 bits per heavy atom. The van der Waals surface area contributed by atoms with E-state index in [1.165, 1.54) is 4.88 Å². The van der Waals surface area contributed by atoms with Gasteiger partial charge in [-0.2, -0.15) is 0 Å². The average Bonchev–Trinajstić information content (AvgIpc) is 2.68. The molecule has 84 valence electrons. The lowest BCUT2D eigenvalue weighted by atomic mass is 10.2. The summed E-state index contributed by atoms with van der Waals surface area (Å²) in [6.07, 6.45) is 0. The summed E-state index contributed by atoms with van der Waals surface area (Å²) in [6, 6.07) is 4.20. The van der Waals surface area contributed by atoms with Crippen LogP contribution in [-0.4, -0.2) is 17.0 Å². The predicted molar refractivity (Wildman–Crippen MR) is 69.1 cm³/mol. The summed E-state index contributed by atoms with van der Waals surface area (Å²) in [5.41, 5.74) is 2.91. The number of anilines is 1. The zero-order valence-electron chi connectivity index (χ0n) is 9.96. The lowest BCUT2D eigenvalue weighted by Gasteiger charge is -2.08. The van der Waals surface area contributed by atoms with Gasteiger partial charge in [-0.05, 0) is 32.9 Å². The lowest BCUT2D eigenvalue weighted by Crippen LogP contribution is -2.01. The van der Waals surface area contributed by atoms with Crippen LogP contribution in [0.4, 0.5) is 5.82 Å². The molecule has 2 aromatic heterocycles.